The molecule has 0 aliphatic carbocycles. The van der Waals surface area contributed by atoms with E-state index >= 15 is 0 Å². The quantitative estimate of drug-likeness (QED) is 0.193. The number of para-hydroxylation sites is 1. The van der Waals surface area contributed by atoms with Crippen LogP contribution >= 0.6 is 0 Å². The van der Waals surface area contributed by atoms with Gasteiger partial charge in [-0.15, -0.1) is 0 Å². The van der Waals surface area contributed by atoms with Crippen molar-refractivity contribution in [2.45, 2.75) is 0 Å². The van der Waals surface area contributed by atoms with Gasteiger partial charge in [-0.25, -0.2) is 0 Å². The van der Waals surface area contributed by atoms with Gasteiger partial charge in [-0.1, -0.05) is 109 Å². The Morgan fingerprint density at radius 3 is 2.17 bits per heavy atom. The Balaban J connectivity index is 1.42. The molecular formula is C34H20BN. The summed E-state index contributed by atoms with van der Waals surface area (Å²) >= 11 is 0. The number of benzene rings is 7. The van der Waals surface area contributed by atoms with E-state index in [-0.39, 0.29) is 6.71 Å². The molecule has 164 valence electrons. The summed E-state index contributed by atoms with van der Waals surface area (Å²) in [4.78, 5) is 2.38. The first kappa shape index (κ1) is 17.0. The highest BCUT2D eigenvalue weighted by molar-refractivity contribution is 7.01. The van der Waals surface area contributed by atoms with Crippen molar-refractivity contribution in [3.8, 4) is 11.1 Å². The van der Waals surface area contributed by atoms with Gasteiger partial charge in [-0.3, -0.25) is 0 Å². The summed E-state index contributed by atoms with van der Waals surface area (Å²) in [5.74, 6) is 0. The Labute approximate surface area is 212 Å². The van der Waals surface area contributed by atoms with Crippen LogP contribution in [0.2, 0.25) is 0 Å². The van der Waals surface area contributed by atoms with Crippen LogP contribution in [0.4, 0.5) is 17.1 Å². The van der Waals surface area contributed by atoms with Gasteiger partial charge in [0.1, 0.15) is 0 Å². The second-order valence-electron chi connectivity index (χ2n) is 9.95. The Bertz CT molecular complexity index is 2120. The molecule has 0 spiro atoms. The molecule has 9 rings (SSSR count). The van der Waals surface area contributed by atoms with Crippen molar-refractivity contribution in [1.29, 1.82) is 0 Å². The van der Waals surface area contributed by atoms with Crippen LogP contribution in [0.25, 0.3) is 43.4 Å². The fourth-order valence-electron chi connectivity index (χ4n) is 6.85. The summed E-state index contributed by atoms with van der Waals surface area (Å²) in [5.41, 5.74) is 9.25. The van der Waals surface area contributed by atoms with Gasteiger partial charge in [0, 0.05) is 16.8 Å². The molecule has 0 N–H and O–H groups in total. The Morgan fingerprint density at radius 2 is 1.25 bits per heavy atom. The number of hydrogen-bond acceptors (Lipinski definition) is 1. The maximum Gasteiger partial charge on any atom is 0.248 e. The first-order valence-electron chi connectivity index (χ1n) is 13.5. The van der Waals surface area contributed by atoms with E-state index in [1.807, 2.05) is 24.3 Å². The molecular weight excluding hydrogens is 433 g/mol. The number of hydrogen-bond donors (Lipinski definition) is 0. The summed E-state index contributed by atoms with van der Waals surface area (Å²) in [6.07, 6.45) is 0. The highest BCUT2D eigenvalue weighted by Gasteiger charge is 2.42. The normalized spacial score (nSPS) is 14.2. The van der Waals surface area contributed by atoms with Gasteiger partial charge in [-0.05, 0) is 67.2 Å². The van der Waals surface area contributed by atoms with Crippen LogP contribution in [0.15, 0.2) is 121 Å². The summed E-state index contributed by atoms with van der Waals surface area (Å²) < 4.78 is 17.1. The first-order chi connectivity index (χ1) is 18.7. The fraction of sp³-hybridized carbons (Fsp3) is 0. The smallest absolute Gasteiger partial charge is 0.248 e. The molecule has 0 atom stereocenters. The molecule has 36 heavy (non-hydrogen) atoms. The van der Waals surface area contributed by atoms with Crippen molar-refractivity contribution in [2.75, 3.05) is 4.90 Å². The molecule has 0 saturated carbocycles. The molecule has 0 unspecified atom stereocenters. The van der Waals surface area contributed by atoms with Crippen LogP contribution in [0, 0.1) is 0 Å². The van der Waals surface area contributed by atoms with E-state index in [4.69, 9.17) is 2.74 Å². The highest BCUT2D eigenvalue weighted by Crippen LogP contribution is 2.45. The Hall–Kier alpha value is -4.56. The number of nitrogens with zero attached hydrogens (tertiary/aromatic N) is 1. The lowest BCUT2D eigenvalue weighted by atomic mass is 9.37. The molecule has 2 heterocycles. The minimum atomic E-state index is 0.100. The zero-order valence-corrected chi connectivity index (χ0v) is 19.4. The lowest BCUT2D eigenvalue weighted by Crippen LogP contribution is -2.54. The molecule has 2 aliphatic rings. The van der Waals surface area contributed by atoms with E-state index in [1.54, 1.807) is 0 Å². The summed E-state index contributed by atoms with van der Waals surface area (Å²) in [6, 6.07) is 39.6. The topological polar surface area (TPSA) is 3.24 Å². The predicted molar refractivity (Wildman–Crippen MR) is 155 cm³/mol. The monoisotopic (exact) mass is 455 g/mol. The zero-order valence-electron chi connectivity index (χ0n) is 21.4. The van der Waals surface area contributed by atoms with Crippen LogP contribution in [-0.2, 0) is 0 Å². The van der Waals surface area contributed by atoms with Gasteiger partial charge in [-0.2, -0.15) is 0 Å². The molecule has 0 radical (unpaired) electrons. The summed E-state index contributed by atoms with van der Waals surface area (Å²) in [7, 11) is 0. The maximum absolute atomic E-state index is 8.79. The average molecular weight is 455 g/mol. The van der Waals surface area contributed by atoms with Gasteiger partial charge in [0.25, 0.3) is 0 Å². The minimum Gasteiger partial charge on any atom is -0.311 e. The molecule has 0 aromatic heterocycles. The van der Waals surface area contributed by atoms with Crippen LogP contribution in [0.5, 0.6) is 0 Å². The summed E-state index contributed by atoms with van der Waals surface area (Å²) in [6.45, 7) is 0.100. The number of anilines is 3. The molecule has 0 saturated heterocycles. The van der Waals surface area contributed by atoms with Crippen LogP contribution in [0.3, 0.4) is 0 Å². The van der Waals surface area contributed by atoms with E-state index in [0.29, 0.717) is 12.1 Å². The molecule has 0 amide bonds. The van der Waals surface area contributed by atoms with Crippen molar-refractivity contribution < 1.29 is 2.74 Å². The van der Waals surface area contributed by atoms with E-state index in [0.717, 1.165) is 28.2 Å². The largest absolute Gasteiger partial charge is 0.311 e. The van der Waals surface area contributed by atoms with E-state index in [2.05, 4.69) is 89.8 Å². The van der Waals surface area contributed by atoms with Crippen molar-refractivity contribution in [3.05, 3.63) is 121 Å². The van der Waals surface area contributed by atoms with Crippen molar-refractivity contribution in [2.24, 2.45) is 0 Å². The number of rotatable bonds is 1. The minimum absolute atomic E-state index is 0.100. The van der Waals surface area contributed by atoms with Gasteiger partial charge in [0.15, 0.2) is 0 Å². The second-order valence-corrected chi connectivity index (χ2v) is 9.95. The van der Waals surface area contributed by atoms with Crippen molar-refractivity contribution in [3.63, 3.8) is 0 Å². The van der Waals surface area contributed by atoms with Crippen LogP contribution < -0.4 is 21.3 Å². The van der Waals surface area contributed by atoms with E-state index in [9.17, 15) is 0 Å². The molecule has 7 aromatic rings. The van der Waals surface area contributed by atoms with Gasteiger partial charge in [0.05, 0.1) is 8.43 Å². The third-order valence-corrected chi connectivity index (χ3v) is 8.28. The lowest BCUT2D eigenvalue weighted by Gasteiger charge is -2.36. The number of fused-ring (bicyclic) bond motifs is 5. The maximum atomic E-state index is 8.79. The third-order valence-electron chi connectivity index (χ3n) is 8.28. The molecule has 0 bridgehead atoms. The highest BCUT2D eigenvalue weighted by atomic mass is 15.2. The molecule has 1 nitrogen and oxygen atoms in total. The van der Waals surface area contributed by atoms with Crippen molar-refractivity contribution in [1.82, 2.24) is 0 Å². The van der Waals surface area contributed by atoms with Gasteiger partial charge < -0.3 is 4.90 Å². The van der Waals surface area contributed by atoms with E-state index < -0.39 is 0 Å². The lowest BCUT2D eigenvalue weighted by molar-refractivity contribution is 1.31. The SMILES string of the molecule is [2H]c1ccc2c(c1)-c1cc([2H])cc3c1B2c1ccccc1N3c1ccc2ccc3cccc4ccc1c2c34. The van der Waals surface area contributed by atoms with Gasteiger partial charge in [0.2, 0.25) is 6.71 Å². The molecule has 2 aliphatic heterocycles. The van der Waals surface area contributed by atoms with E-state index in [1.165, 1.54) is 48.7 Å². The Morgan fingerprint density at radius 1 is 0.500 bits per heavy atom. The predicted octanol–water partition coefficient (Wildman–Crippen LogP) is 6.86. The standard InChI is InChI=1S/C34H20BN/c1-2-11-27-24(9-1)25-10-6-14-31-34(25)35(27)28-12-3-4-13-30(28)36(31)29-20-18-23-16-15-21-7-5-8-22-17-19-26(29)33(23)32(21)22/h1-20H/i1D,6D. The molecule has 0 fully saturated rings. The second kappa shape index (κ2) is 6.56. The van der Waals surface area contributed by atoms with Crippen LogP contribution in [0.1, 0.15) is 2.74 Å². The first-order valence-corrected chi connectivity index (χ1v) is 12.5. The van der Waals surface area contributed by atoms with Crippen LogP contribution in [-0.4, -0.2) is 6.71 Å². The fourth-order valence-corrected chi connectivity index (χ4v) is 6.85. The summed E-state index contributed by atoms with van der Waals surface area (Å²) in [5, 5.41) is 7.57. The van der Waals surface area contributed by atoms with Gasteiger partial charge >= 0.3 is 0 Å². The van der Waals surface area contributed by atoms with Crippen molar-refractivity contribution >= 4 is 72.5 Å². The Kier molecular flexibility index (Phi) is 3.09. The third kappa shape index (κ3) is 2.18. The zero-order chi connectivity index (χ0) is 25.1. The molecule has 7 aromatic carbocycles. The average Bonchev–Trinajstić information content (AvgIpc) is 3.26. The molecule has 2 heteroatoms.